The molecule has 1 aliphatic heterocycles. The van der Waals surface area contributed by atoms with Gasteiger partial charge in [0.15, 0.2) is 0 Å². The molecular formula is C13H16NO3. The first kappa shape index (κ1) is 11.9. The lowest BCUT2D eigenvalue weighted by Crippen LogP contribution is -2.37. The van der Waals surface area contributed by atoms with Crippen LogP contribution in [0.4, 0.5) is 5.69 Å². The molecule has 1 aromatic rings. The predicted molar refractivity (Wildman–Crippen MR) is 65.1 cm³/mol. The second-order valence-electron chi connectivity index (χ2n) is 4.38. The maximum Gasteiger partial charge on any atom is 0.273 e. The number of rotatable bonds is 3. The van der Waals surface area contributed by atoms with Crippen LogP contribution in [0.1, 0.15) is 38.7 Å². The number of hydrogen-bond acceptors (Lipinski definition) is 3. The van der Waals surface area contributed by atoms with Crippen LogP contribution < -0.4 is 4.74 Å². The van der Waals surface area contributed by atoms with Crippen molar-refractivity contribution in [1.82, 2.24) is 0 Å². The van der Waals surface area contributed by atoms with Crippen molar-refractivity contribution in [3.8, 4) is 5.75 Å². The average Bonchev–Trinajstić information content (AvgIpc) is 2.37. The molecule has 0 spiro atoms. The van der Waals surface area contributed by atoms with Gasteiger partial charge < -0.3 is 4.74 Å². The van der Waals surface area contributed by atoms with Crippen molar-refractivity contribution in [3.05, 3.63) is 40.3 Å². The molecule has 0 unspecified atom stereocenters. The van der Waals surface area contributed by atoms with Gasteiger partial charge in [-0.3, -0.25) is 10.1 Å². The van der Waals surface area contributed by atoms with E-state index >= 15 is 0 Å². The van der Waals surface area contributed by atoms with E-state index in [1.165, 1.54) is 12.1 Å². The van der Waals surface area contributed by atoms with Gasteiger partial charge in [-0.05, 0) is 37.3 Å². The van der Waals surface area contributed by atoms with Crippen molar-refractivity contribution < 1.29 is 9.66 Å². The first-order chi connectivity index (χ1) is 8.10. The number of nitro benzene ring substituents is 1. The normalized spacial score (nSPS) is 17.1. The third-order valence-corrected chi connectivity index (χ3v) is 3.52. The molecule has 0 bridgehead atoms. The minimum Gasteiger partial charge on any atom is -0.487 e. The van der Waals surface area contributed by atoms with Gasteiger partial charge in [-0.2, -0.15) is 0 Å². The molecule has 17 heavy (non-hydrogen) atoms. The summed E-state index contributed by atoms with van der Waals surface area (Å²) in [5.41, 5.74) is 0.843. The zero-order chi connectivity index (χ0) is 12.5. The first-order valence-electron chi connectivity index (χ1n) is 5.91. The standard InChI is InChI=1S/C13H16NO3/c1-3-13(4-2)8-7-10-5-6-11(14(15)16)9-12(10)17-13/h5-7,9H,3-4,8H2,1-2H3. The van der Waals surface area contributed by atoms with Crippen LogP contribution in [0.25, 0.3) is 0 Å². The fourth-order valence-electron chi connectivity index (χ4n) is 2.15. The maximum absolute atomic E-state index is 10.7. The zero-order valence-electron chi connectivity index (χ0n) is 10.1. The molecule has 1 heterocycles. The summed E-state index contributed by atoms with van der Waals surface area (Å²) in [6.07, 6.45) is 4.78. The van der Waals surface area contributed by atoms with Gasteiger partial charge in [0.1, 0.15) is 11.4 Å². The van der Waals surface area contributed by atoms with Crippen molar-refractivity contribution in [2.75, 3.05) is 0 Å². The Balaban J connectivity index is 2.35. The first-order valence-corrected chi connectivity index (χ1v) is 5.91. The van der Waals surface area contributed by atoms with Gasteiger partial charge in [0, 0.05) is 6.07 Å². The van der Waals surface area contributed by atoms with Gasteiger partial charge in [0.05, 0.1) is 11.0 Å². The molecular weight excluding hydrogens is 218 g/mol. The lowest BCUT2D eigenvalue weighted by atomic mass is 9.86. The number of nitro groups is 1. The highest BCUT2D eigenvalue weighted by Gasteiger charge is 2.33. The SMILES string of the molecule is CCC1(CC)C[CH]c2ccc([N+](=O)[O-])cc2O1. The van der Waals surface area contributed by atoms with Gasteiger partial charge >= 0.3 is 0 Å². The van der Waals surface area contributed by atoms with E-state index in [2.05, 4.69) is 20.3 Å². The molecule has 0 atom stereocenters. The topological polar surface area (TPSA) is 52.4 Å². The molecule has 1 radical (unpaired) electrons. The van der Waals surface area contributed by atoms with E-state index in [4.69, 9.17) is 4.74 Å². The molecule has 91 valence electrons. The van der Waals surface area contributed by atoms with Gasteiger partial charge in [-0.15, -0.1) is 0 Å². The molecule has 0 aliphatic carbocycles. The molecule has 0 fully saturated rings. The number of hydrogen-bond donors (Lipinski definition) is 0. The van der Waals surface area contributed by atoms with Crippen LogP contribution in [0.2, 0.25) is 0 Å². The Morgan fingerprint density at radius 2 is 2.12 bits per heavy atom. The second-order valence-corrected chi connectivity index (χ2v) is 4.38. The van der Waals surface area contributed by atoms with E-state index < -0.39 is 4.92 Å². The molecule has 4 heteroatoms. The largest absolute Gasteiger partial charge is 0.487 e. The average molecular weight is 234 g/mol. The fraction of sp³-hybridized carbons (Fsp3) is 0.462. The predicted octanol–water partition coefficient (Wildman–Crippen LogP) is 3.49. The molecule has 0 N–H and O–H groups in total. The van der Waals surface area contributed by atoms with Gasteiger partial charge in [-0.25, -0.2) is 0 Å². The van der Waals surface area contributed by atoms with Crippen LogP contribution in [0, 0.1) is 16.5 Å². The lowest BCUT2D eigenvalue weighted by Gasteiger charge is -2.37. The van der Waals surface area contributed by atoms with E-state index in [1.54, 1.807) is 6.07 Å². The number of fused-ring (bicyclic) bond motifs is 1. The molecule has 4 nitrogen and oxygen atoms in total. The Morgan fingerprint density at radius 1 is 1.41 bits per heavy atom. The van der Waals surface area contributed by atoms with Crippen molar-refractivity contribution in [2.24, 2.45) is 0 Å². The summed E-state index contributed by atoms with van der Waals surface area (Å²) in [6.45, 7) is 4.17. The molecule has 0 saturated heterocycles. The van der Waals surface area contributed by atoms with Crippen molar-refractivity contribution >= 4 is 5.69 Å². The minimum absolute atomic E-state index is 0.0835. The Bertz CT molecular complexity index is 438. The highest BCUT2D eigenvalue weighted by Crippen LogP contribution is 2.39. The van der Waals surface area contributed by atoms with Gasteiger partial charge in [-0.1, -0.05) is 13.8 Å². The third-order valence-electron chi connectivity index (χ3n) is 3.52. The van der Waals surface area contributed by atoms with E-state index in [0.717, 1.165) is 24.8 Å². The summed E-state index contributed by atoms with van der Waals surface area (Å²) in [6, 6.07) is 4.79. The molecule has 1 aliphatic rings. The number of nitrogens with zero attached hydrogens (tertiary/aromatic N) is 1. The van der Waals surface area contributed by atoms with Crippen LogP contribution in [-0.4, -0.2) is 10.5 Å². The zero-order valence-corrected chi connectivity index (χ0v) is 10.1. The highest BCUT2D eigenvalue weighted by molar-refractivity contribution is 5.49. The minimum atomic E-state index is -0.391. The molecule has 0 amide bonds. The molecule has 2 rings (SSSR count). The van der Waals surface area contributed by atoms with Crippen molar-refractivity contribution in [2.45, 2.75) is 38.7 Å². The second kappa shape index (κ2) is 4.35. The van der Waals surface area contributed by atoms with Crippen LogP contribution in [-0.2, 0) is 0 Å². The van der Waals surface area contributed by atoms with Gasteiger partial charge in [0.2, 0.25) is 0 Å². The summed E-state index contributed by atoms with van der Waals surface area (Å²) in [4.78, 5) is 10.3. The summed E-state index contributed by atoms with van der Waals surface area (Å²) in [5, 5.41) is 10.7. The molecule has 0 aromatic heterocycles. The fourth-order valence-corrected chi connectivity index (χ4v) is 2.15. The lowest BCUT2D eigenvalue weighted by molar-refractivity contribution is -0.385. The number of non-ortho nitro benzene ring substituents is 1. The number of ether oxygens (including phenoxy) is 1. The Labute approximate surface area is 101 Å². The Morgan fingerprint density at radius 3 is 2.71 bits per heavy atom. The summed E-state index contributed by atoms with van der Waals surface area (Å²) in [7, 11) is 0. The van der Waals surface area contributed by atoms with E-state index in [-0.39, 0.29) is 11.3 Å². The van der Waals surface area contributed by atoms with Crippen LogP contribution in [0.5, 0.6) is 5.75 Å². The van der Waals surface area contributed by atoms with Crippen LogP contribution >= 0.6 is 0 Å². The van der Waals surface area contributed by atoms with E-state index in [0.29, 0.717) is 5.75 Å². The quantitative estimate of drug-likeness (QED) is 0.594. The van der Waals surface area contributed by atoms with Crippen LogP contribution in [0.3, 0.4) is 0 Å². The van der Waals surface area contributed by atoms with Crippen molar-refractivity contribution in [1.29, 1.82) is 0 Å². The Hall–Kier alpha value is -1.58. The van der Waals surface area contributed by atoms with Gasteiger partial charge in [0.25, 0.3) is 5.69 Å². The highest BCUT2D eigenvalue weighted by atomic mass is 16.6. The summed E-state index contributed by atoms with van der Waals surface area (Å²) < 4.78 is 5.97. The van der Waals surface area contributed by atoms with E-state index in [1.807, 2.05) is 0 Å². The maximum atomic E-state index is 10.7. The monoisotopic (exact) mass is 234 g/mol. The van der Waals surface area contributed by atoms with E-state index in [9.17, 15) is 10.1 Å². The summed E-state index contributed by atoms with van der Waals surface area (Å²) >= 11 is 0. The Kier molecular flexibility index (Phi) is 3.05. The smallest absolute Gasteiger partial charge is 0.273 e. The summed E-state index contributed by atoms with van der Waals surface area (Å²) in [5.74, 6) is 0.633. The molecule has 0 saturated carbocycles. The number of benzene rings is 1. The third kappa shape index (κ3) is 2.12. The van der Waals surface area contributed by atoms with Crippen molar-refractivity contribution in [3.63, 3.8) is 0 Å². The van der Waals surface area contributed by atoms with Crippen LogP contribution in [0.15, 0.2) is 18.2 Å². The molecule has 1 aromatic carbocycles.